The smallest absolute Gasteiger partial charge is 0.235 e. The summed E-state index contributed by atoms with van der Waals surface area (Å²) in [5.41, 5.74) is 7.32. The summed E-state index contributed by atoms with van der Waals surface area (Å²) in [5.74, 6) is 2.51. The molecule has 1 amide bonds. The zero-order valence-corrected chi connectivity index (χ0v) is 20.7. The number of carbonyl (C=O) groups is 1. The molecule has 0 radical (unpaired) electrons. The van der Waals surface area contributed by atoms with E-state index in [1.807, 2.05) is 50.2 Å². The van der Waals surface area contributed by atoms with Crippen LogP contribution in [0.3, 0.4) is 0 Å². The summed E-state index contributed by atoms with van der Waals surface area (Å²) in [5, 5.41) is 1.53. The van der Waals surface area contributed by atoms with Crippen molar-refractivity contribution in [2.24, 2.45) is 11.7 Å². The first-order valence-corrected chi connectivity index (χ1v) is 11.7. The molecule has 1 aliphatic rings. The molecule has 1 fully saturated rings. The molecule has 1 unspecified atom stereocenters. The Morgan fingerprint density at radius 3 is 2.18 bits per heavy atom. The number of hydrogen-bond donors (Lipinski definition) is 1. The number of halogens is 1. The molecule has 0 aliphatic carbocycles. The van der Waals surface area contributed by atoms with Crippen LogP contribution in [0.1, 0.15) is 13.8 Å². The molecule has 34 heavy (non-hydrogen) atoms. The van der Waals surface area contributed by atoms with E-state index in [-0.39, 0.29) is 17.9 Å². The van der Waals surface area contributed by atoms with Crippen LogP contribution in [-0.4, -0.2) is 67.2 Å². The molecule has 180 valence electrons. The maximum atomic E-state index is 12.0. The molecule has 1 atom stereocenters. The number of aromatic nitrogens is 2. The van der Waals surface area contributed by atoms with Crippen molar-refractivity contribution in [2.75, 3.05) is 45.3 Å². The van der Waals surface area contributed by atoms with Crippen LogP contribution in [0.4, 0.5) is 5.82 Å². The van der Waals surface area contributed by atoms with E-state index in [0.717, 1.165) is 22.3 Å². The van der Waals surface area contributed by atoms with Crippen LogP contribution in [0.25, 0.3) is 22.3 Å². The summed E-state index contributed by atoms with van der Waals surface area (Å²) < 4.78 is 11.1. The van der Waals surface area contributed by atoms with Gasteiger partial charge in [-0.3, -0.25) is 9.69 Å². The van der Waals surface area contributed by atoms with Crippen molar-refractivity contribution in [3.63, 3.8) is 0 Å². The lowest BCUT2D eigenvalue weighted by atomic mass is 10.0. The van der Waals surface area contributed by atoms with Gasteiger partial charge in [0.25, 0.3) is 0 Å². The van der Waals surface area contributed by atoms with Gasteiger partial charge in [-0.05, 0) is 36.2 Å². The second-order valence-electron chi connectivity index (χ2n) is 8.72. The second kappa shape index (κ2) is 10.0. The minimum Gasteiger partial charge on any atom is -0.493 e. The van der Waals surface area contributed by atoms with E-state index in [1.54, 1.807) is 14.2 Å². The van der Waals surface area contributed by atoms with Crippen molar-refractivity contribution in [2.45, 2.75) is 19.9 Å². The van der Waals surface area contributed by atoms with E-state index >= 15 is 0 Å². The molecule has 2 heterocycles. The molecule has 1 saturated heterocycles. The van der Waals surface area contributed by atoms with Crippen molar-refractivity contribution in [1.82, 2.24) is 14.9 Å². The standard InChI is InChI=1S/C25H30ClN5O3/c1-15(2)22(23(27)32)30-9-11-31(12-10-30)25-18-13-20(33-3)21(34-4)14-19(18)28-24(29-25)16-5-7-17(26)8-6-16/h5-8,13-15,22H,9-12H2,1-4H3,(H2,27,32). The van der Waals surface area contributed by atoms with Gasteiger partial charge in [0, 0.05) is 48.2 Å². The number of hydrogen-bond acceptors (Lipinski definition) is 7. The molecule has 0 bridgehead atoms. The highest BCUT2D eigenvalue weighted by molar-refractivity contribution is 6.30. The average molecular weight is 484 g/mol. The molecule has 9 heteroatoms. The third-order valence-electron chi connectivity index (χ3n) is 6.21. The third-order valence-corrected chi connectivity index (χ3v) is 6.47. The Hall–Kier alpha value is -3.10. The highest BCUT2D eigenvalue weighted by Crippen LogP contribution is 2.37. The summed E-state index contributed by atoms with van der Waals surface area (Å²) in [6, 6.07) is 11.0. The fourth-order valence-electron chi connectivity index (χ4n) is 4.55. The highest BCUT2D eigenvalue weighted by atomic mass is 35.5. The third kappa shape index (κ3) is 4.74. The highest BCUT2D eigenvalue weighted by Gasteiger charge is 2.31. The van der Waals surface area contributed by atoms with Crippen LogP contribution in [0.5, 0.6) is 11.5 Å². The number of methoxy groups -OCH3 is 2. The number of nitrogens with zero attached hydrogens (tertiary/aromatic N) is 4. The van der Waals surface area contributed by atoms with E-state index in [4.69, 9.17) is 36.8 Å². The Morgan fingerprint density at radius 2 is 1.62 bits per heavy atom. The lowest BCUT2D eigenvalue weighted by molar-refractivity contribution is -0.124. The van der Waals surface area contributed by atoms with E-state index < -0.39 is 0 Å². The minimum absolute atomic E-state index is 0.150. The van der Waals surface area contributed by atoms with Crippen LogP contribution in [0.15, 0.2) is 36.4 Å². The van der Waals surface area contributed by atoms with E-state index in [0.29, 0.717) is 48.5 Å². The Balaban J connectivity index is 1.76. The normalized spacial score (nSPS) is 15.5. The van der Waals surface area contributed by atoms with Gasteiger partial charge < -0.3 is 20.1 Å². The predicted molar refractivity (Wildman–Crippen MR) is 135 cm³/mol. The van der Waals surface area contributed by atoms with Crippen LogP contribution >= 0.6 is 11.6 Å². The van der Waals surface area contributed by atoms with Crippen LogP contribution < -0.4 is 20.1 Å². The van der Waals surface area contributed by atoms with Crippen molar-refractivity contribution < 1.29 is 14.3 Å². The number of carbonyl (C=O) groups excluding carboxylic acids is 1. The largest absolute Gasteiger partial charge is 0.493 e. The summed E-state index contributed by atoms with van der Waals surface area (Å²) in [7, 11) is 3.22. The van der Waals surface area contributed by atoms with Crippen molar-refractivity contribution in [3.8, 4) is 22.9 Å². The number of fused-ring (bicyclic) bond motifs is 1. The number of amides is 1. The molecule has 1 aromatic heterocycles. The second-order valence-corrected chi connectivity index (χ2v) is 9.15. The number of rotatable bonds is 7. The maximum Gasteiger partial charge on any atom is 0.235 e. The summed E-state index contributed by atoms with van der Waals surface area (Å²) >= 11 is 6.09. The Bertz CT molecular complexity index is 1180. The molecule has 8 nitrogen and oxygen atoms in total. The van der Waals surface area contributed by atoms with Gasteiger partial charge in [0.2, 0.25) is 5.91 Å². The fourth-order valence-corrected chi connectivity index (χ4v) is 4.68. The number of anilines is 1. The van der Waals surface area contributed by atoms with Gasteiger partial charge in [0.1, 0.15) is 5.82 Å². The first-order chi connectivity index (χ1) is 16.3. The van der Waals surface area contributed by atoms with Crippen LogP contribution in [0.2, 0.25) is 5.02 Å². The summed E-state index contributed by atoms with van der Waals surface area (Å²) in [6.45, 7) is 6.88. The number of benzene rings is 2. The van der Waals surface area contributed by atoms with Gasteiger partial charge in [-0.25, -0.2) is 9.97 Å². The SMILES string of the molecule is COc1cc2nc(-c3ccc(Cl)cc3)nc(N3CCN(C(C(N)=O)C(C)C)CC3)c2cc1OC. The first-order valence-electron chi connectivity index (χ1n) is 11.3. The first kappa shape index (κ1) is 24.0. The number of piperazine rings is 1. The molecule has 2 N–H and O–H groups in total. The van der Waals surface area contributed by atoms with Crippen molar-refractivity contribution in [3.05, 3.63) is 41.4 Å². The zero-order valence-electron chi connectivity index (χ0n) is 19.9. The fraction of sp³-hybridized carbons (Fsp3) is 0.400. The average Bonchev–Trinajstić information content (AvgIpc) is 2.83. The quantitative estimate of drug-likeness (QED) is 0.548. The predicted octanol–water partition coefficient (Wildman–Crippen LogP) is 3.60. The minimum atomic E-state index is -0.280. The van der Waals surface area contributed by atoms with E-state index in [1.165, 1.54) is 0 Å². The molecule has 4 rings (SSSR count). The van der Waals surface area contributed by atoms with Gasteiger partial charge in [-0.2, -0.15) is 0 Å². The molecule has 1 aliphatic heterocycles. The van der Waals surface area contributed by atoms with Gasteiger partial charge in [-0.1, -0.05) is 25.4 Å². The van der Waals surface area contributed by atoms with Gasteiger partial charge >= 0.3 is 0 Å². The topological polar surface area (TPSA) is 93.8 Å². The lowest BCUT2D eigenvalue weighted by Gasteiger charge is -2.40. The molecule has 2 aromatic carbocycles. The molecular formula is C25H30ClN5O3. The summed E-state index contributed by atoms with van der Waals surface area (Å²) in [6.07, 6.45) is 0. The van der Waals surface area contributed by atoms with Crippen LogP contribution in [-0.2, 0) is 4.79 Å². The molecular weight excluding hydrogens is 454 g/mol. The Labute approximate surface area is 204 Å². The van der Waals surface area contributed by atoms with E-state index in [2.05, 4.69) is 9.80 Å². The summed E-state index contributed by atoms with van der Waals surface area (Å²) in [4.78, 5) is 26.2. The van der Waals surface area contributed by atoms with Gasteiger partial charge in [0.15, 0.2) is 17.3 Å². The zero-order chi connectivity index (χ0) is 24.4. The number of nitrogens with two attached hydrogens (primary N) is 1. The Kier molecular flexibility index (Phi) is 7.09. The van der Waals surface area contributed by atoms with Gasteiger partial charge in [0.05, 0.1) is 25.8 Å². The van der Waals surface area contributed by atoms with Crippen molar-refractivity contribution in [1.29, 1.82) is 0 Å². The van der Waals surface area contributed by atoms with Crippen molar-refractivity contribution >= 4 is 34.2 Å². The maximum absolute atomic E-state index is 12.0. The van der Waals surface area contributed by atoms with E-state index in [9.17, 15) is 4.79 Å². The van der Waals surface area contributed by atoms with Gasteiger partial charge in [-0.15, -0.1) is 0 Å². The molecule has 0 spiro atoms. The van der Waals surface area contributed by atoms with Crippen LogP contribution in [0, 0.1) is 5.92 Å². The number of primary amides is 1. The Morgan fingerprint density at radius 1 is 1.00 bits per heavy atom. The molecule has 0 saturated carbocycles. The molecule has 3 aromatic rings. The number of ether oxygens (including phenoxy) is 2. The monoisotopic (exact) mass is 483 g/mol. The lowest BCUT2D eigenvalue weighted by Crippen LogP contribution is -2.56.